The molecule has 0 fully saturated rings. The van der Waals surface area contributed by atoms with Crippen LogP contribution in [0.1, 0.15) is 23.5 Å². The van der Waals surface area contributed by atoms with Crippen molar-refractivity contribution in [2.75, 3.05) is 11.9 Å². The second-order valence-corrected chi connectivity index (χ2v) is 3.66. The number of amides is 1. The quantitative estimate of drug-likeness (QED) is 0.740. The second-order valence-electron chi connectivity index (χ2n) is 3.66. The number of rotatable bonds is 2. The van der Waals surface area contributed by atoms with E-state index in [1.54, 1.807) is 0 Å². The van der Waals surface area contributed by atoms with Crippen LogP contribution >= 0.6 is 0 Å². The Bertz CT molecular complexity index is 374. The molecule has 14 heavy (non-hydrogen) atoms. The van der Waals surface area contributed by atoms with Crippen LogP contribution < -0.4 is 11.1 Å². The van der Waals surface area contributed by atoms with E-state index in [9.17, 15) is 4.79 Å². The molecule has 1 atom stereocenters. The van der Waals surface area contributed by atoms with Gasteiger partial charge in [-0.05, 0) is 31.0 Å². The highest BCUT2D eigenvalue weighted by Crippen LogP contribution is 2.36. The average Bonchev–Trinajstić information content (AvgIpc) is 2.47. The van der Waals surface area contributed by atoms with Gasteiger partial charge in [0.05, 0.1) is 5.92 Å². The van der Waals surface area contributed by atoms with E-state index >= 15 is 0 Å². The van der Waals surface area contributed by atoms with E-state index < -0.39 is 0 Å². The molecule has 0 aromatic heterocycles. The molecule has 0 bridgehead atoms. The maximum Gasteiger partial charge on any atom is 0.232 e. The summed E-state index contributed by atoms with van der Waals surface area (Å²) in [5, 5.41) is 2.91. The van der Waals surface area contributed by atoms with Gasteiger partial charge in [0.2, 0.25) is 5.91 Å². The average molecular weight is 190 g/mol. The van der Waals surface area contributed by atoms with Gasteiger partial charge in [0.25, 0.3) is 0 Å². The number of carbonyl (C=O) groups is 1. The summed E-state index contributed by atoms with van der Waals surface area (Å²) in [6, 6.07) is 5.99. The lowest BCUT2D eigenvalue weighted by atomic mass is 9.96. The smallest absolute Gasteiger partial charge is 0.232 e. The highest BCUT2D eigenvalue weighted by atomic mass is 16.2. The second kappa shape index (κ2) is 3.42. The summed E-state index contributed by atoms with van der Waals surface area (Å²) in [5.41, 5.74) is 8.69. The summed E-state index contributed by atoms with van der Waals surface area (Å²) in [4.78, 5) is 11.6. The van der Waals surface area contributed by atoms with E-state index in [1.165, 1.54) is 0 Å². The molecule has 1 amide bonds. The van der Waals surface area contributed by atoms with Crippen molar-refractivity contribution in [2.45, 2.75) is 19.3 Å². The molecule has 1 aliphatic heterocycles. The maximum atomic E-state index is 11.6. The normalized spacial score (nSPS) is 19.3. The fraction of sp³-hybridized carbons (Fsp3) is 0.364. The van der Waals surface area contributed by atoms with Crippen LogP contribution in [0.5, 0.6) is 0 Å². The molecular weight excluding hydrogens is 176 g/mol. The van der Waals surface area contributed by atoms with E-state index in [-0.39, 0.29) is 11.8 Å². The molecule has 0 spiro atoms. The molecular formula is C11H14N2O. The Balaban J connectivity index is 2.42. The van der Waals surface area contributed by atoms with Crippen LogP contribution in [0.15, 0.2) is 18.2 Å². The van der Waals surface area contributed by atoms with E-state index in [1.807, 2.05) is 25.1 Å². The largest absolute Gasteiger partial charge is 0.330 e. The summed E-state index contributed by atoms with van der Waals surface area (Å²) < 4.78 is 0. The number of carbonyl (C=O) groups excluding carboxylic acids is 1. The van der Waals surface area contributed by atoms with Gasteiger partial charge in [0.1, 0.15) is 0 Å². The molecule has 1 aromatic carbocycles. The lowest BCUT2D eigenvalue weighted by Gasteiger charge is -2.06. The number of para-hydroxylation sites is 1. The first-order chi connectivity index (χ1) is 6.74. The van der Waals surface area contributed by atoms with Crippen LogP contribution in [0.3, 0.4) is 0 Å². The van der Waals surface area contributed by atoms with Crippen LogP contribution in [0.4, 0.5) is 5.69 Å². The zero-order chi connectivity index (χ0) is 10.1. The van der Waals surface area contributed by atoms with Crippen molar-refractivity contribution in [2.24, 2.45) is 5.73 Å². The molecule has 0 saturated carbocycles. The van der Waals surface area contributed by atoms with Crippen LogP contribution in [0, 0.1) is 6.92 Å². The Labute approximate surface area is 83.3 Å². The van der Waals surface area contributed by atoms with Gasteiger partial charge in [-0.15, -0.1) is 0 Å². The lowest BCUT2D eigenvalue weighted by Crippen LogP contribution is -2.15. The molecule has 3 nitrogen and oxygen atoms in total. The molecule has 74 valence electrons. The van der Waals surface area contributed by atoms with Crippen molar-refractivity contribution < 1.29 is 4.79 Å². The molecule has 0 aliphatic carbocycles. The minimum atomic E-state index is -0.0464. The highest BCUT2D eigenvalue weighted by molar-refractivity contribution is 6.03. The van der Waals surface area contributed by atoms with Crippen molar-refractivity contribution in [1.29, 1.82) is 0 Å². The SMILES string of the molecule is Cc1cccc2c1NC(=O)[C@H]2CCN. The number of hydrogen-bond acceptors (Lipinski definition) is 2. The first kappa shape index (κ1) is 9.21. The van der Waals surface area contributed by atoms with E-state index in [2.05, 4.69) is 5.32 Å². The summed E-state index contributed by atoms with van der Waals surface area (Å²) in [6.07, 6.45) is 0.724. The molecule has 1 aromatic rings. The van der Waals surface area contributed by atoms with Crippen molar-refractivity contribution >= 4 is 11.6 Å². The Morgan fingerprint density at radius 1 is 1.50 bits per heavy atom. The van der Waals surface area contributed by atoms with Gasteiger partial charge in [-0.1, -0.05) is 18.2 Å². The number of anilines is 1. The first-order valence-corrected chi connectivity index (χ1v) is 4.84. The van der Waals surface area contributed by atoms with Crippen LogP contribution in [0.2, 0.25) is 0 Å². The Hall–Kier alpha value is -1.35. The van der Waals surface area contributed by atoms with Gasteiger partial charge in [-0.25, -0.2) is 0 Å². The molecule has 3 N–H and O–H groups in total. The molecule has 0 saturated heterocycles. The third kappa shape index (κ3) is 1.30. The van der Waals surface area contributed by atoms with E-state index in [4.69, 9.17) is 5.73 Å². The number of hydrogen-bond donors (Lipinski definition) is 2. The fourth-order valence-corrected chi connectivity index (χ4v) is 1.96. The molecule has 0 unspecified atom stereocenters. The van der Waals surface area contributed by atoms with Crippen molar-refractivity contribution in [3.05, 3.63) is 29.3 Å². The van der Waals surface area contributed by atoms with Gasteiger partial charge in [-0.2, -0.15) is 0 Å². The standard InChI is InChI=1S/C11H14N2O/c1-7-3-2-4-8-9(5-6-12)11(14)13-10(7)8/h2-4,9H,5-6,12H2,1H3,(H,13,14)/t9-/m0/s1. The predicted molar refractivity (Wildman–Crippen MR) is 56.2 cm³/mol. The number of fused-ring (bicyclic) bond motifs is 1. The number of nitrogens with two attached hydrogens (primary N) is 1. The zero-order valence-electron chi connectivity index (χ0n) is 8.21. The molecule has 1 aliphatic rings. The van der Waals surface area contributed by atoms with Gasteiger partial charge in [-0.3, -0.25) is 4.79 Å². The Kier molecular flexibility index (Phi) is 2.25. The highest BCUT2D eigenvalue weighted by Gasteiger charge is 2.30. The van der Waals surface area contributed by atoms with E-state index in [0.29, 0.717) is 6.54 Å². The monoisotopic (exact) mass is 190 g/mol. The summed E-state index contributed by atoms with van der Waals surface area (Å²) in [5.74, 6) is 0.0367. The van der Waals surface area contributed by atoms with Crippen LogP contribution in [-0.4, -0.2) is 12.5 Å². The van der Waals surface area contributed by atoms with Gasteiger partial charge >= 0.3 is 0 Å². The molecule has 2 rings (SSSR count). The minimum Gasteiger partial charge on any atom is -0.330 e. The zero-order valence-corrected chi connectivity index (χ0v) is 8.21. The van der Waals surface area contributed by atoms with Crippen molar-refractivity contribution in [1.82, 2.24) is 0 Å². The van der Waals surface area contributed by atoms with Crippen molar-refractivity contribution in [3.8, 4) is 0 Å². The third-order valence-electron chi connectivity index (χ3n) is 2.70. The number of nitrogens with one attached hydrogen (secondary N) is 1. The lowest BCUT2D eigenvalue weighted by molar-refractivity contribution is -0.117. The Morgan fingerprint density at radius 2 is 2.29 bits per heavy atom. The molecule has 1 heterocycles. The van der Waals surface area contributed by atoms with Gasteiger partial charge in [0, 0.05) is 5.69 Å². The predicted octanol–water partition coefficient (Wildman–Crippen LogP) is 1.38. The van der Waals surface area contributed by atoms with Crippen molar-refractivity contribution in [3.63, 3.8) is 0 Å². The Morgan fingerprint density at radius 3 is 3.00 bits per heavy atom. The van der Waals surface area contributed by atoms with Crippen LogP contribution in [0.25, 0.3) is 0 Å². The van der Waals surface area contributed by atoms with Crippen LogP contribution in [-0.2, 0) is 4.79 Å². The fourth-order valence-electron chi connectivity index (χ4n) is 1.96. The molecule has 0 radical (unpaired) electrons. The summed E-state index contributed by atoms with van der Waals surface area (Å²) in [7, 11) is 0. The van der Waals surface area contributed by atoms with Gasteiger partial charge in [0.15, 0.2) is 0 Å². The van der Waals surface area contributed by atoms with Gasteiger partial charge < -0.3 is 11.1 Å². The third-order valence-corrected chi connectivity index (χ3v) is 2.70. The minimum absolute atomic E-state index is 0.0464. The number of benzene rings is 1. The number of aryl methyl sites for hydroxylation is 1. The summed E-state index contributed by atoms with van der Waals surface area (Å²) >= 11 is 0. The topological polar surface area (TPSA) is 55.1 Å². The first-order valence-electron chi connectivity index (χ1n) is 4.84. The summed E-state index contributed by atoms with van der Waals surface area (Å²) in [6.45, 7) is 2.55. The molecule has 3 heteroatoms. The van der Waals surface area contributed by atoms with E-state index in [0.717, 1.165) is 23.2 Å². The maximum absolute atomic E-state index is 11.6.